The zero-order valence-electron chi connectivity index (χ0n) is 12.7. The number of aromatic nitrogens is 2. The lowest BCUT2D eigenvalue weighted by Gasteiger charge is -2.29. The van der Waals surface area contributed by atoms with Crippen LogP contribution in [0.15, 0.2) is 4.34 Å². The summed E-state index contributed by atoms with van der Waals surface area (Å²) in [6.07, 6.45) is 4.45. The Morgan fingerprint density at radius 1 is 1.32 bits per heavy atom. The molecular weight excluding hydrogens is 322 g/mol. The van der Waals surface area contributed by atoms with Gasteiger partial charge in [-0.3, -0.25) is 10.1 Å². The summed E-state index contributed by atoms with van der Waals surface area (Å²) in [6, 6.07) is -0.243. The van der Waals surface area contributed by atoms with Gasteiger partial charge in [-0.15, -0.1) is 10.2 Å². The number of nitrogens with zero attached hydrogens (tertiary/aromatic N) is 2. The Morgan fingerprint density at radius 3 is 2.77 bits per heavy atom. The van der Waals surface area contributed by atoms with Crippen LogP contribution in [0.25, 0.3) is 0 Å². The molecule has 1 heterocycles. The van der Waals surface area contributed by atoms with E-state index in [1.54, 1.807) is 7.05 Å². The maximum atomic E-state index is 11.8. The maximum absolute atomic E-state index is 11.8. The number of rotatable bonds is 5. The van der Waals surface area contributed by atoms with E-state index in [-0.39, 0.29) is 17.7 Å². The van der Waals surface area contributed by atoms with Crippen molar-refractivity contribution in [2.45, 2.75) is 43.0 Å². The maximum Gasteiger partial charge on any atom is 0.321 e. The van der Waals surface area contributed by atoms with Crippen LogP contribution in [0, 0.1) is 5.92 Å². The highest BCUT2D eigenvalue weighted by Gasteiger charge is 2.23. The predicted molar refractivity (Wildman–Crippen MR) is 88.3 cm³/mol. The van der Waals surface area contributed by atoms with Crippen molar-refractivity contribution in [1.29, 1.82) is 0 Å². The molecule has 0 aliphatic heterocycles. The van der Waals surface area contributed by atoms with Gasteiger partial charge in [-0.2, -0.15) is 0 Å². The minimum absolute atomic E-state index is 0.145. The molecule has 22 heavy (non-hydrogen) atoms. The quantitative estimate of drug-likeness (QED) is 0.708. The van der Waals surface area contributed by atoms with Crippen molar-refractivity contribution in [3.8, 4) is 0 Å². The number of anilines is 1. The van der Waals surface area contributed by atoms with Crippen LogP contribution < -0.4 is 16.0 Å². The van der Waals surface area contributed by atoms with Crippen LogP contribution in [0.3, 0.4) is 0 Å². The lowest BCUT2D eigenvalue weighted by Crippen LogP contribution is -2.48. The summed E-state index contributed by atoms with van der Waals surface area (Å²) in [5, 5.41) is 16.7. The molecule has 1 aromatic rings. The van der Waals surface area contributed by atoms with E-state index < -0.39 is 6.03 Å². The standard InChI is InChI=1S/C13H21N5O2S2/c1-8-5-3-4-6-9(8)15-11(20)16-10(19)7-21-13-18-17-12(14-2)22-13/h8-9H,3-7H2,1-2H3,(H,14,17)(H2,15,16,19,20)/t8-,9-/m0/s1. The van der Waals surface area contributed by atoms with Crippen molar-refractivity contribution in [1.82, 2.24) is 20.8 Å². The first kappa shape index (κ1) is 17.0. The normalized spacial score (nSPS) is 21.2. The number of amides is 3. The van der Waals surface area contributed by atoms with Crippen LogP contribution >= 0.6 is 23.1 Å². The summed E-state index contributed by atoms with van der Waals surface area (Å²) in [6.45, 7) is 2.14. The highest BCUT2D eigenvalue weighted by molar-refractivity contribution is 8.01. The van der Waals surface area contributed by atoms with Crippen LogP contribution in [-0.2, 0) is 4.79 Å². The molecule has 1 aromatic heterocycles. The Morgan fingerprint density at radius 2 is 2.09 bits per heavy atom. The predicted octanol–water partition coefficient (Wildman–Crippen LogP) is 2.08. The Kier molecular flexibility index (Phi) is 6.44. The molecular formula is C13H21N5O2S2. The van der Waals surface area contributed by atoms with Gasteiger partial charge >= 0.3 is 6.03 Å². The number of carbonyl (C=O) groups excluding carboxylic acids is 2. The molecule has 1 saturated carbocycles. The smallest absolute Gasteiger partial charge is 0.321 e. The van der Waals surface area contributed by atoms with Crippen molar-refractivity contribution in [3.63, 3.8) is 0 Å². The zero-order valence-corrected chi connectivity index (χ0v) is 14.4. The lowest BCUT2D eigenvalue weighted by molar-refractivity contribution is -0.117. The second kappa shape index (κ2) is 8.33. The number of hydrogen-bond donors (Lipinski definition) is 3. The van der Waals surface area contributed by atoms with Gasteiger partial charge in [-0.25, -0.2) is 4.79 Å². The van der Waals surface area contributed by atoms with E-state index in [1.165, 1.54) is 29.5 Å². The molecule has 7 nitrogen and oxygen atoms in total. The van der Waals surface area contributed by atoms with Crippen LogP contribution in [0.5, 0.6) is 0 Å². The number of hydrogen-bond acceptors (Lipinski definition) is 7. The largest absolute Gasteiger partial charge is 0.363 e. The van der Waals surface area contributed by atoms with E-state index in [2.05, 4.69) is 33.1 Å². The minimum Gasteiger partial charge on any atom is -0.363 e. The molecule has 1 fully saturated rings. The third-order valence-corrected chi connectivity index (χ3v) is 5.70. The summed E-state index contributed by atoms with van der Waals surface area (Å²) in [4.78, 5) is 23.6. The fourth-order valence-corrected chi connectivity index (χ4v) is 3.90. The van der Waals surface area contributed by atoms with Crippen LogP contribution in [0.4, 0.5) is 9.93 Å². The zero-order chi connectivity index (χ0) is 15.9. The summed E-state index contributed by atoms with van der Waals surface area (Å²) in [5.74, 6) is 0.281. The second-order valence-electron chi connectivity index (χ2n) is 5.30. The van der Waals surface area contributed by atoms with Crippen molar-refractivity contribution in [2.75, 3.05) is 18.1 Å². The van der Waals surface area contributed by atoms with E-state index in [4.69, 9.17) is 0 Å². The van der Waals surface area contributed by atoms with Crippen molar-refractivity contribution in [3.05, 3.63) is 0 Å². The SMILES string of the molecule is CNc1nnc(SCC(=O)NC(=O)N[C@H]2CCCC[C@@H]2C)s1. The van der Waals surface area contributed by atoms with Gasteiger partial charge in [-0.1, -0.05) is 42.9 Å². The van der Waals surface area contributed by atoms with E-state index in [9.17, 15) is 9.59 Å². The topological polar surface area (TPSA) is 96.0 Å². The minimum atomic E-state index is -0.405. The van der Waals surface area contributed by atoms with E-state index >= 15 is 0 Å². The van der Waals surface area contributed by atoms with E-state index in [0.717, 1.165) is 19.3 Å². The first-order chi connectivity index (χ1) is 10.6. The fourth-order valence-electron chi connectivity index (χ4n) is 2.39. The van der Waals surface area contributed by atoms with E-state index in [0.29, 0.717) is 15.4 Å². The molecule has 1 aliphatic rings. The Bertz CT molecular complexity index is 522. The number of urea groups is 1. The Hall–Kier alpha value is -1.35. The molecule has 0 bridgehead atoms. The van der Waals surface area contributed by atoms with Gasteiger partial charge in [0.2, 0.25) is 11.0 Å². The van der Waals surface area contributed by atoms with Crippen molar-refractivity contribution < 1.29 is 9.59 Å². The monoisotopic (exact) mass is 343 g/mol. The number of carbonyl (C=O) groups is 2. The molecule has 1 aliphatic carbocycles. The van der Waals surface area contributed by atoms with Gasteiger partial charge in [0.05, 0.1) is 5.75 Å². The Balaban J connectivity index is 1.70. The summed E-state index contributed by atoms with van der Waals surface area (Å²) >= 11 is 2.64. The highest BCUT2D eigenvalue weighted by Crippen LogP contribution is 2.25. The number of imide groups is 1. The third-order valence-electron chi connectivity index (χ3n) is 3.63. The summed E-state index contributed by atoms with van der Waals surface area (Å²) < 4.78 is 0.695. The highest BCUT2D eigenvalue weighted by atomic mass is 32.2. The van der Waals surface area contributed by atoms with Gasteiger partial charge in [0.1, 0.15) is 0 Å². The van der Waals surface area contributed by atoms with Gasteiger partial charge in [0, 0.05) is 13.1 Å². The molecule has 2 rings (SSSR count). The number of thioether (sulfide) groups is 1. The lowest BCUT2D eigenvalue weighted by atomic mass is 9.86. The molecule has 0 spiro atoms. The first-order valence-electron chi connectivity index (χ1n) is 7.33. The fraction of sp³-hybridized carbons (Fsp3) is 0.692. The molecule has 0 saturated heterocycles. The molecule has 9 heteroatoms. The molecule has 0 aromatic carbocycles. The van der Waals surface area contributed by atoms with E-state index in [1.807, 2.05) is 0 Å². The second-order valence-corrected chi connectivity index (χ2v) is 7.50. The average Bonchev–Trinajstić information content (AvgIpc) is 2.95. The van der Waals surface area contributed by atoms with Crippen molar-refractivity contribution in [2.24, 2.45) is 5.92 Å². The summed E-state index contributed by atoms with van der Waals surface area (Å²) in [7, 11) is 1.76. The van der Waals surface area contributed by atoms with Gasteiger partial charge in [-0.05, 0) is 18.8 Å². The van der Waals surface area contributed by atoms with Crippen LogP contribution in [0.1, 0.15) is 32.6 Å². The molecule has 0 radical (unpaired) electrons. The molecule has 122 valence electrons. The molecule has 3 amide bonds. The Labute approximate surface area is 138 Å². The summed E-state index contributed by atoms with van der Waals surface area (Å²) in [5.41, 5.74) is 0. The van der Waals surface area contributed by atoms with Gasteiger partial charge < -0.3 is 10.6 Å². The average molecular weight is 343 g/mol. The van der Waals surface area contributed by atoms with Gasteiger partial charge in [0.25, 0.3) is 0 Å². The number of nitrogens with one attached hydrogen (secondary N) is 3. The van der Waals surface area contributed by atoms with Crippen LogP contribution in [-0.4, -0.2) is 41.0 Å². The first-order valence-corrected chi connectivity index (χ1v) is 9.13. The van der Waals surface area contributed by atoms with Crippen LogP contribution in [0.2, 0.25) is 0 Å². The molecule has 0 unspecified atom stereocenters. The molecule has 2 atom stereocenters. The van der Waals surface area contributed by atoms with Crippen molar-refractivity contribution >= 4 is 40.2 Å². The molecule has 3 N–H and O–H groups in total. The third kappa shape index (κ3) is 5.13. The van der Waals surface area contributed by atoms with Gasteiger partial charge in [0.15, 0.2) is 4.34 Å².